The molecule has 72 valence electrons. The number of hydrogen-bond acceptors (Lipinski definition) is 2. The van der Waals surface area contributed by atoms with E-state index in [4.69, 9.17) is 10.5 Å². The third-order valence-electron chi connectivity index (χ3n) is 2.06. The molecule has 1 atom stereocenters. The lowest BCUT2D eigenvalue weighted by molar-refractivity contribution is 0.180. The van der Waals surface area contributed by atoms with E-state index in [2.05, 4.69) is 0 Å². The Morgan fingerprint density at radius 1 is 1.54 bits per heavy atom. The zero-order valence-corrected chi connectivity index (χ0v) is 7.88. The van der Waals surface area contributed by atoms with Crippen LogP contribution >= 0.6 is 0 Å². The highest BCUT2D eigenvalue weighted by Gasteiger charge is 2.10. The summed E-state index contributed by atoms with van der Waals surface area (Å²) in [6, 6.07) is 4.66. The van der Waals surface area contributed by atoms with Crippen LogP contribution in [0.2, 0.25) is 0 Å². The second-order valence-electron chi connectivity index (χ2n) is 3.02. The van der Waals surface area contributed by atoms with Crippen molar-refractivity contribution in [3.8, 4) is 0 Å². The largest absolute Gasteiger partial charge is 0.383 e. The maximum atomic E-state index is 13.1. The van der Waals surface area contributed by atoms with E-state index >= 15 is 0 Å². The van der Waals surface area contributed by atoms with Crippen LogP contribution in [0.15, 0.2) is 18.2 Å². The molecule has 2 nitrogen and oxygen atoms in total. The van der Waals surface area contributed by atoms with Gasteiger partial charge in [0.05, 0.1) is 12.6 Å². The van der Waals surface area contributed by atoms with E-state index < -0.39 is 0 Å². The summed E-state index contributed by atoms with van der Waals surface area (Å²) in [5.74, 6) is -0.218. The summed E-state index contributed by atoms with van der Waals surface area (Å²) in [4.78, 5) is 0. The minimum atomic E-state index is -0.249. The molecule has 3 heteroatoms. The number of rotatable bonds is 3. The van der Waals surface area contributed by atoms with E-state index in [0.717, 1.165) is 5.56 Å². The van der Waals surface area contributed by atoms with Crippen molar-refractivity contribution in [2.75, 3.05) is 13.7 Å². The molecule has 1 aromatic rings. The molecule has 0 radical (unpaired) electrons. The van der Waals surface area contributed by atoms with Gasteiger partial charge in [0.1, 0.15) is 5.82 Å². The van der Waals surface area contributed by atoms with Gasteiger partial charge in [-0.3, -0.25) is 0 Å². The quantitative estimate of drug-likeness (QED) is 0.775. The van der Waals surface area contributed by atoms with E-state index in [1.807, 2.05) is 6.07 Å². The van der Waals surface area contributed by atoms with Gasteiger partial charge in [0.15, 0.2) is 0 Å². The monoisotopic (exact) mass is 183 g/mol. The average Bonchev–Trinajstić information content (AvgIpc) is 2.10. The van der Waals surface area contributed by atoms with Gasteiger partial charge in [-0.05, 0) is 24.1 Å². The smallest absolute Gasteiger partial charge is 0.126 e. The summed E-state index contributed by atoms with van der Waals surface area (Å²) < 4.78 is 18.0. The molecule has 0 aliphatic carbocycles. The fraction of sp³-hybridized carbons (Fsp3) is 0.400. The molecule has 0 aliphatic rings. The molecule has 0 amide bonds. The van der Waals surface area contributed by atoms with E-state index in [9.17, 15) is 4.39 Å². The Kier molecular flexibility index (Phi) is 3.39. The Morgan fingerprint density at radius 2 is 2.23 bits per heavy atom. The molecule has 1 unspecified atom stereocenters. The molecule has 1 rings (SSSR count). The first kappa shape index (κ1) is 10.2. The number of ether oxygens (including phenoxy) is 1. The maximum absolute atomic E-state index is 13.1. The van der Waals surface area contributed by atoms with Crippen molar-refractivity contribution in [3.05, 3.63) is 35.1 Å². The maximum Gasteiger partial charge on any atom is 0.126 e. The SMILES string of the molecule is COCC(N)c1cccc(F)c1C. The minimum absolute atomic E-state index is 0.218. The molecule has 0 aromatic heterocycles. The number of benzene rings is 1. The van der Waals surface area contributed by atoms with Gasteiger partial charge in [-0.2, -0.15) is 0 Å². The van der Waals surface area contributed by atoms with Crippen LogP contribution in [-0.2, 0) is 4.74 Å². The van der Waals surface area contributed by atoms with Gasteiger partial charge >= 0.3 is 0 Å². The Morgan fingerprint density at radius 3 is 2.85 bits per heavy atom. The summed E-state index contributed by atoms with van der Waals surface area (Å²) in [6.07, 6.45) is 0. The van der Waals surface area contributed by atoms with Crippen LogP contribution in [0.3, 0.4) is 0 Å². The minimum Gasteiger partial charge on any atom is -0.383 e. The van der Waals surface area contributed by atoms with E-state index in [0.29, 0.717) is 12.2 Å². The summed E-state index contributed by atoms with van der Waals surface area (Å²) in [5.41, 5.74) is 7.19. The number of hydrogen-bond donors (Lipinski definition) is 1. The Bertz CT molecular complexity index is 288. The molecule has 0 saturated carbocycles. The summed E-state index contributed by atoms with van der Waals surface area (Å²) in [6.45, 7) is 2.13. The number of halogens is 1. The fourth-order valence-electron chi connectivity index (χ4n) is 1.30. The molecular weight excluding hydrogens is 169 g/mol. The standard InChI is InChI=1S/C10H14FNO/c1-7-8(10(12)6-13-2)4-3-5-9(7)11/h3-5,10H,6,12H2,1-2H3. The number of nitrogens with two attached hydrogens (primary N) is 1. The molecule has 2 N–H and O–H groups in total. The van der Waals surface area contributed by atoms with Crippen molar-refractivity contribution in [1.29, 1.82) is 0 Å². The molecule has 0 spiro atoms. The highest BCUT2D eigenvalue weighted by atomic mass is 19.1. The average molecular weight is 183 g/mol. The van der Waals surface area contributed by atoms with E-state index in [1.54, 1.807) is 20.1 Å². The molecule has 0 heterocycles. The Balaban J connectivity index is 2.93. The molecular formula is C10H14FNO. The molecule has 1 aromatic carbocycles. The van der Waals surface area contributed by atoms with E-state index in [-0.39, 0.29) is 11.9 Å². The Labute approximate surface area is 77.5 Å². The Hall–Kier alpha value is -0.930. The topological polar surface area (TPSA) is 35.2 Å². The van der Waals surface area contributed by atoms with Crippen LogP contribution in [0, 0.1) is 12.7 Å². The van der Waals surface area contributed by atoms with Crippen molar-refractivity contribution in [3.63, 3.8) is 0 Å². The van der Waals surface area contributed by atoms with Crippen molar-refractivity contribution in [1.82, 2.24) is 0 Å². The molecule has 0 bridgehead atoms. The third-order valence-corrected chi connectivity index (χ3v) is 2.06. The molecule has 0 fully saturated rings. The molecule has 0 aliphatic heterocycles. The lowest BCUT2D eigenvalue weighted by atomic mass is 10.0. The van der Waals surface area contributed by atoms with Crippen molar-refractivity contribution in [2.45, 2.75) is 13.0 Å². The van der Waals surface area contributed by atoms with Crippen molar-refractivity contribution in [2.24, 2.45) is 5.73 Å². The van der Waals surface area contributed by atoms with Crippen LogP contribution < -0.4 is 5.73 Å². The third kappa shape index (κ3) is 2.26. The lowest BCUT2D eigenvalue weighted by Crippen LogP contribution is -2.17. The molecule has 13 heavy (non-hydrogen) atoms. The van der Waals surface area contributed by atoms with Gasteiger partial charge in [-0.1, -0.05) is 12.1 Å². The van der Waals surface area contributed by atoms with Crippen LogP contribution in [0.1, 0.15) is 17.2 Å². The van der Waals surface area contributed by atoms with Crippen LogP contribution in [0.5, 0.6) is 0 Å². The highest BCUT2D eigenvalue weighted by Crippen LogP contribution is 2.18. The summed E-state index contributed by atoms with van der Waals surface area (Å²) in [5, 5.41) is 0. The second kappa shape index (κ2) is 4.35. The van der Waals surface area contributed by atoms with Gasteiger partial charge < -0.3 is 10.5 Å². The van der Waals surface area contributed by atoms with Crippen LogP contribution in [0.4, 0.5) is 4.39 Å². The lowest BCUT2D eigenvalue weighted by Gasteiger charge is -2.13. The van der Waals surface area contributed by atoms with E-state index in [1.165, 1.54) is 6.07 Å². The van der Waals surface area contributed by atoms with Gasteiger partial charge in [0.2, 0.25) is 0 Å². The van der Waals surface area contributed by atoms with Crippen LogP contribution in [0.25, 0.3) is 0 Å². The second-order valence-corrected chi connectivity index (χ2v) is 3.02. The predicted octanol–water partition coefficient (Wildman–Crippen LogP) is 1.78. The zero-order chi connectivity index (χ0) is 9.84. The van der Waals surface area contributed by atoms with Crippen molar-refractivity contribution >= 4 is 0 Å². The summed E-state index contributed by atoms with van der Waals surface area (Å²) >= 11 is 0. The first-order valence-corrected chi connectivity index (χ1v) is 4.16. The normalized spacial score (nSPS) is 12.9. The summed E-state index contributed by atoms with van der Waals surface area (Å²) in [7, 11) is 1.58. The zero-order valence-electron chi connectivity index (χ0n) is 7.88. The first-order chi connectivity index (χ1) is 6.16. The van der Waals surface area contributed by atoms with Gasteiger partial charge in [-0.15, -0.1) is 0 Å². The van der Waals surface area contributed by atoms with Gasteiger partial charge in [-0.25, -0.2) is 4.39 Å². The van der Waals surface area contributed by atoms with Crippen molar-refractivity contribution < 1.29 is 9.13 Å². The van der Waals surface area contributed by atoms with Crippen LogP contribution in [-0.4, -0.2) is 13.7 Å². The van der Waals surface area contributed by atoms with Gasteiger partial charge in [0, 0.05) is 7.11 Å². The number of methoxy groups -OCH3 is 1. The first-order valence-electron chi connectivity index (χ1n) is 4.16. The fourth-order valence-corrected chi connectivity index (χ4v) is 1.30. The highest BCUT2D eigenvalue weighted by molar-refractivity contribution is 5.29. The van der Waals surface area contributed by atoms with Gasteiger partial charge in [0.25, 0.3) is 0 Å². The predicted molar refractivity (Wildman–Crippen MR) is 49.9 cm³/mol. The molecule has 0 saturated heterocycles.